The summed E-state index contributed by atoms with van der Waals surface area (Å²) >= 11 is 1.53. The smallest absolute Gasteiger partial charge is 0.318 e. The van der Waals surface area contributed by atoms with Crippen molar-refractivity contribution in [1.82, 2.24) is 10.2 Å². The predicted octanol–water partition coefficient (Wildman–Crippen LogP) is 2.38. The molecule has 118 valence electrons. The lowest BCUT2D eigenvalue weighted by Gasteiger charge is -2.38. The number of hydrogen-bond acceptors (Lipinski definition) is 4. The highest BCUT2D eigenvalue weighted by Crippen LogP contribution is 2.26. The van der Waals surface area contributed by atoms with Crippen LogP contribution in [0.2, 0.25) is 0 Å². The molecule has 2 atom stereocenters. The average molecular weight is 312 g/mol. The third-order valence-corrected chi connectivity index (χ3v) is 4.31. The number of aliphatic hydroxyl groups excluding tert-OH is 1. The van der Waals surface area contributed by atoms with Gasteiger partial charge in [0.15, 0.2) is 0 Å². The Bertz CT molecular complexity index is 456. The Kier molecular flexibility index (Phi) is 5.24. The van der Waals surface area contributed by atoms with Crippen LogP contribution >= 0.6 is 11.3 Å². The van der Waals surface area contributed by atoms with Crippen molar-refractivity contribution in [3.8, 4) is 0 Å². The van der Waals surface area contributed by atoms with Crippen LogP contribution in [0.25, 0.3) is 0 Å². The maximum atomic E-state index is 12.4. The molecule has 2 unspecified atom stereocenters. The Balaban J connectivity index is 2.00. The van der Waals surface area contributed by atoms with Crippen LogP contribution in [-0.2, 0) is 4.74 Å². The van der Waals surface area contributed by atoms with Crippen LogP contribution in [0, 0.1) is 0 Å². The summed E-state index contributed by atoms with van der Waals surface area (Å²) in [5.74, 6) is 0. The number of aliphatic hydroxyl groups is 1. The summed E-state index contributed by atoms with van der Waals surface area (Å²) in [6, 6.07) is 3.65. The molecular formula is C15H24N2O3S. The Morgan fingerprint density at radius 2 is 2.38 bits per heavy atom. The van der Waals surface area contributed by atoms with Gasteiger partial charge >= 0.3 is 6.03 Å². The van der Waals surface area contributed by atoms with Crippen LogP contribution in [0.1, 0.15) is 38.2 Å². The number of nitrogens with one attached hydrogen (secondary N) is 1. The maximum Gasteiger partial charge on any atom is 0.318 e. The first-order valence-electron chi connectivity index (χ1n) is 7.25. The zero-order chi connectivity index (χ0) is 15.5. The molecular weight excluding hydrogens is 288 g/mol. The van der Waals surface area contributed by atoms with Crippen molar-refractivity contribution >= 4 is 17.4 Å². The second-order valence-electron chi connectivity index (χ2n) is 6.37. The minimum Gasteiger partial charge on any atom is -0.387 e. The number of carbonyl (C=O) groups is 1. The second-order valence-corrected chi connectivity index (χ2v) is 7.35. The first-order valence-corrected chi connectivity index (χ1v) is 8.13. The minimum absolute atomic E-state index is 0.0887. The van der Waals surface area contributed by atoms with E-state index in [1.54, 1.807) is 4.90 Å². The average Bonchev–Trinajstić information content (AvgIpc) is 2.91. The SMILES string of the molecule is CC(C)(C)NC(=O)N1CCOCC1CC(O)c1cccs1. The van der Waals surface area contributed by atoms with Crippen molar-refractivity contribution in [2.75, 3.05) is 19.8 Å². The lowest BCUT2D eigenvalue weighted by atomic mass is 10.1. The van der Waals surface area contributed by atoms with Crippen LogP contribution in [-0.4, -0.2) is 47.4 Å². The van der Waals surface area contributed by atoms with E-state index in [0.29, 0.717) is 26.2 Å². The van der Waals surface area contributed by atoms with Crippen LogP contribution in [0.4, 0.5) is 4.79 Å². The van der Waals surface area contributed by atoms with Crippen LogP contribution in [0.15, 0.2) is 17.5 Å². The second kappa shape index (κ2) is 6.77. The van der Waals surface area contributed by atoms with Gasteiger partial charge in [-0.05, 0) is 32.2 Å². The third kappa shape index (κ3) is 4.69. The summed E-state index contributed by atoms with van der Waals surface area (Å²) in [5, 5.41) is 15.2. The molecule has 2 N–H and O–H groups in total. The van der Waals surface area contributed by atoms with E-state index in [9.17, 15) is 9.90 Å². The highest BCUT2D eigenvalue weighted by molar-refractivity contribution is 7.10. The molecule has 1 saturated heterocycles. The van der Waals surface area contributed by atoms with Crippen molar-refractivity contribution in [3.63, 3.8) is 0 Å². The van der Waals surface area contributed by atoms with E-state index in [-0.39, 0.29) is 17.6 Å². The van der Waals surface area contributed by atoms with E-state index in [1.807, 2.05) is 38.3 Å². The molecule has 2 heterocycles. The van der Waals surface area contributed by atoms with Gasteiger partial charge in [-0.15, -0.1) is 11.3 Å². The van der Waals surface area contributed by atoms with Gasteiger partial charge in [0.05, 0.1) is 25.4 Å². The summed E-state index contributed by atoms with van der Waals surface area (Å²) in [7, 11) is 0. The zero-order valence-electron chi connectivity index (χ0n) is 12.8. The summed E-state index contributed by atoms with van der Waals surface area (Å²) in [5.41, 5.74) is -0.272. The van der Waals surface area contributed by atoms with Gasteiger partial charge in [-0.3, -0.25) is 0 Å². The number of urea groups is 1. The Morgan fingerprint density at radius 3 is 3.00 bits per heavy atom. The summed E-state index contributed by atoms with van der Waals surface area (Å²) < 4.78 is 5.48. The number of carbonyl (C=O) groups excluding carboxylic acids is 1. The molecule has 21 heavy (non-hydrogen) atoms. The van der Waals surface area contributed by atoms with Crippen LogP contribution < -0.4 is 5.32 Å². The predicted molar refractivity (Wildman–Crippen MR) is 83.5 cm³/mol. The zero-order valence-corrected chi connectivity index (χ0v) is 13.7. The number of rotatable bonds is 3. The molecule has 0 bridgehead atoms. The number of ether oxygens (including phenoxy) is 1. The van der Waals surface area contributed by atoms with Crippen molar-refractivity contribution < 1.29 is 14.6 Å². The number of hydrogen-bond donors (Lipinski definition) is 2. The van der Waals surface area contributed by atoms with Crippen molar-refractivity contribution in [2.24, 2.45) is 0 Å². The molecule has 0 aromatic carbocycles. The highest BCUT2D eigenvalue weighted by atomic mass is 32.1. The van der Waals surface area contributed by atoms with Crippen molar-refractivity contribution in [3.05, 3.63) is 22.4 Å². The van der Waals surface area contributed by atoms with E-state index in [1.165, 1.54) is 11.3 Å². The van der Waals surface area contributed by atoms with Gasteiger partial charge in [0.2, 0.25) is 0 Å². The first kappa shape index (κ1) is 16.3. The molecule has 0 saturated carbocycles. The van der Waals surface area contributed by atoms with E-state index < -0.39 is 6.10 Å². The molecule has 1 aromatic rings. The highest BCUT2D eigenvalue weighted by Gasteiger charge is 2.31. The topological polar surface area (TPSA) is 61.8 Å². The fourth-order valence-electron chi connectivity index (χ4n) is 2.36. The molecule has 1 fully saturated rings. The third-order valence-electron chi connectivity index (χ3n) is 3.34. The van der Waals surface area contributed by atoms with Crippen LogP contribution in [0.5, 0.6) is 0 Å². The quantitative estimate of drug-likeness (QED) is 0.901. The fraction of sp³-hybridized carbons (Fsp3) is 0.667. The van der Waals surface area contributed by atoms with Gasteiger partial charge in [-0.2, -0.15) is 0 Å². The van der Waals surface area contributed by atoms with E-state index in [2.05, 4.69) is 5.32 Å². The molecule has 5 nitrogen and oxygen atoms in total. The largest absolute Gasteiger partial charge is 0.387 e. The van der Waals surface area contributed by atoms with E-state index >= 15 is 0 Å². The number of morpholine rings is 1. The molecule has 0 radical (unpaired) electrons. The normalized spacial score (nSPS) is 21.1. The van der Waals surface area contributed by atoms with Gasteiger partial charge in [-0.25, -0.2) is 4.79 Å². The van der Waals surface area contributed by atoms with Crippen molar-refractivity contribution in [1.29, 1.82) is 0 Å². The molecule has 1 aromatic heterocycles. The van der Waals surface area contributed by atoms with Gasteiger partial charge in [0, 0.05) is 23.4 Å². The summed E-state index contributed by atoms with van der Waals surface area (Å²) in [4.78, 5) is 15.1. The molecule has 1 aliphatic heterocycles. The maximum absolute atomic E-state index is 12.4. The first-order chi connectivity index (χ1) is 9.87. The Hall–Kier alpha value is -1.11. The molecule has 1 aliphatic rings. The molecule has 0 aliphatic carbocycles. The lowest BCUT2D eigenvalue weighted by Crippen LogP contribution is -2.56. The molecule has 0 spiro atoms. The molecule has 6 heteroatoms. The number of amides is 2. The van der Waals surface area contributed by atoms with Crippen molar-refractivity contribution in [2.45, 2.75) is 44.9 Å². The molecule has 2 amide bonds. The van der Waals surface area contributed by atoms with Crippen LogP contribution in [0.3, 0.4) is 0 Å². The number of thiophene rings is 1. The standard InChI is InChI=1S/C15H24N2O3S/c1-15(2,3)16-14(19)17-6-7-20-10-11(17)9-12(18)13-5-4-8-21-13/h4-5,8,11-12,18H,6-7,9-10H2,1-3H3,(H,16,19). The van der Waals surface area contributed by atoms with Gasteiger partial charge < -0.3 is 20.1 Å². The minimum atomic E-state index is -0.554. The van der Waals surface area contributed by atoms with Gasteiger partial charge in [-0.1, -0.05) is 6.07 Å². The van der Waals surface area contributed by atoms with Gasteiger partial charge in [0.1, 0.15) is 0 Å². The number of nitrogens with zero attached hydrogens (tertiary/aromatic N) is 1. The van der Waals surface area contributed by atoms with E-state index in [0.717, 1.165) is 4.88 Å². The lowest BCUT2D eigenvalue weighted by molar-refractivity contribution is -0.00750. The Labute approximate surface area is 129 Å². The van der Waals surface area contributed by atoms with Gasteiger partial charge in [0.25, 0.3) is 0 Å². The summed E-state index contributed by atoms with van der Waals surface area (Å²) in [6.07, 6.45) is -0.0559. The summed E-state index contributed by atoms with van der Waals surface area (Å²) in [6.45, 7) is 7.45. The fourth-order valence-corrected chi connectivity index (χ4v) is 3.09. The molecule has 2 rings (SSSR count). The van der Waals surface area contributed by atoms with E-state index in [4.69, 9.17) is 4.74 Å². The monoisotopic (exact) mass is 312 g/mol. The Morgan fingerprint density at radius 1 is 1.62 bits per heavy atom.